The lowest BCUT2D eigenvalue weighted by atomic mass is 10.1. The summed E-state index contributed by atoms with van der Waals surface area (Å²) in [5.41, 5.74) is -0.155. The second kappa shape index (κ2) is 5.08. The van der Waals surface area contributed by atoms with Gasteiger partial charge in [-0.25, -0.2) is 4.79 Å². The highest BCUT2D eigenvalue weighted by Crippen LogP contribution is 2.19. The summed E-state index contributed by atoms with van der Waals surface area (Å²) in [6.07, 6.45) is -0.136. The summed E-state index contributed by atoms with van der Waals surface area (Å²) in [6.45, 7) is 4.31. The van der Waals surface area contributed by atoms with E-state index in [1.165, 1.54) is 6.07 Å². The van der Waals surface area contributed by atoms with E-state index in [9.17, 15) is 9.59 Å². The zero-order valence-electron chi connectivity index (χ0n) is 11.7. The van der Waals surface area contributed by atoms with Gasteiger partial charge >= 0.3 is 5.63 Å². The van der Waals surface area contributed by atoms with Crippen molar-refractivity contribution in [2.24, 2.45) is 0 Å². The van der Waals surface area contributed by atoms with E-state index in [4.69, 9.17) is 13.7 Å². The van der Waals surface area contributed by atoms with Crippen LogP contribution in [0.25, 0.3) is 0 Å². The van der Waals surface area contributed by atoms with E-state index in [0.29, 0.717) is 36.1 Å². The van der Waals surface area contributed by atoms with Gasteiger partial charge in [0.25, 0.3) is 5.91 Å². The number of rotatable bonds is 3. The molecule has 3 rings (SSSR count). The van der Waals surface area contributed by atoms with Crippen molar-refractivity contribution in [3.8, 4) is 5.75 Å². The van der Waals surface area contributed by atoms with Crippen molar-refractivity contribution in [2.75, 3.05) is 13.1 Å². The molecule has 0 radical (unpaired) electrons. The second-order valence-electron chi connectivity index (χ2n) is 5.00. The maximum Gasteiger partial charge on any atom is 0.339 e. The Balaban J connectivity index is 1.58. The number of aromatic nitrogens is 1. The molecule has 7 nitrogen and oxygen atoms in total. The van der Waals surface area contributed by atoms with Crippen LogP contribution < -0.4 is 10.4 Å². The standard InChI is InChI=1S/C14H14N2O5/c1-8-3-10(5-13(17)19-8)20-11-6-16(7-11)14(18)12-4-9(2)21-15-12/h3-5,11H,6-7H2,1-2H3. The second-order valence-corrected chi connectivity index (χ2v) is 5.00. The van der Waals surface area contributed by atoms with Crippen molar-refractivity contribution < 1.29 is 18.5 Å². The highest BCUT2D eigenvalue weighted by atomic mass is 16.5. The monoisotopic (exact) mass is 290 g/mol. The zero-order chi connectivity index (χ0) is 15.0. The summed E-state index contributed by atoms with van der Waals surface area (Å²) in [4.78, 5) is 24.9. The lowest BCUT2D eigenvalue weighted by Crippen LogP contribution is -2.56. The minimum absolute atomic E-state index is 0.136. The lowest BCUT2D eigenvalue weighted by molar-refractivity contribution is 0.0167. The van der Waals surface area contributed by atoms with Crippen LogP contribution in [0.15, 0.2) is 31.9 Å². The molecule has 21 heavy (non-hydrogen) atoms. The van der Waals surface area contributed by atoms with Crippen molar-refractivity contribution >= 4 is 5.91 Å². The maximum atomic E-state index is 12.0. The first kappa shape index (κ1) is 13.4. The van der Waals surface area contributed by atoms with Gasteiger partial charge in [-0.1, -0.05) is 5.16 Å². The predicted molar refractivity (Wildman–Crippen MR) is 71.3 cm³/mol. The normalized spacial score (nSPS) is 14.9. The van der Waals surface area contributed by atoms with Crippen LogP contribution in [0, 0.1) is 13.8 Å². The molecule has 1 saturated heterocycles. The van der Waals surface area contributed by atoms with Gasteiger partial charge in [-0.3, -0.25) is 4.79 Å². The number of hydrogen-bond acceptors (Lipinski definition) is 6. The summed E-state index contributed by atoms with van der Waals surface area (Å²) < 4.78 is 15.4. The SMILES string of the molecule is Cc1cc(C(=O)N2CC(Oc3cc(C)oc(=O)c3)C2)no1. The minimum atomic E-state index is -0.449. The van der Waals surface area contributed by atoms with Crippen LogP contribution in [0.4, 0.5) is 0 Å². The van der Waals surface area contributed by atoms with Gasteiger partial charge in [0.05, 0.1) is 19.2 Å². The van der Waals surface area contributed by atoms with Crippen LogP contribution in [-0.2, 0) is 0 Å². The lowest BCUT2D eigenvalue weighted by Gasteiger charge is -2.38. The van der Waals surface area contributed by atoms with Crippen molar-refractivity contribution in [2.45, 2.75) is 20.0 Å². The van der Waals surface area contributed by atoms with Gasteiger partial charge in [-0.15, -0.1) is 0 Å². The van der Waals surface area contributed by atoms with Crippen molar-refractivity contribution in [3.63, 3.8) is 0 Å². The number of likely N-dealkylation sites (tertiary alicyclic amines) is 1. The van der Waals surface area contributed by atoms with Crippen LogP contribution in [-0.4, -0.2) is 35.2 Å². The van der Waals surface area contributed by atoms with Gasteiger partial charge in [0.2, 0.25) is 0 Å². The third kappa shape index (κ3) is 2.81. The Morgan fingerprint density at radius 1 is 1.29 bits per heavy atom. The molecule has 110 valence electrons. The molecule has 0 saturated carbocycles. The maximum absolute atomic E-state index is 12.0. The van der Waals surface area contributed by atoms with E-state index in [0.717, 1.165) is 0 Å². The fourth-order valence-corrected chi connectivity index (χ4v) is 2.14. The Bertz CT molecular complexity index is 727. The van der Waals surface area contributed by atoms with E-state index in [-0.39, 0.29) is 12.0 Å². The summed E-state index contributed by atoms with van der Waals surface area (Å²) in [7, 11) is 0. The van der Waals surface area contributed by atoms with Gasteiger partial charge in [0, 0.05) is 12.1 Å². The van der Waals surface area contributed by atoms with Gasteiger partial charge in [0.15, 0.2) is 5.69 Å². The third-order valence-corrected chi connectivity index (χ3v) is 3.15. The molecule has 0 unspecified atom stereocenters. The molecule has 0 aromatic carbocycles. The average Bonchev–Trinajstić information content (AvgIpc) is 2.78. The quantitative estimate of drug-likeness (QED) is 0.842. The van der Waals surface area contributed by atoms with Crippen LogP contribution in [0.5, 0.6) is 5.75 Å². The van der Waals surface area contributed by atoms with E-state index in [1.807, 2.05) is 0 Å². The number of aryl methyl sites for hydroxylation is 2. The van der Waals surface area contributed by atoms with Crippen molar-refractivity contribution in [1.82, 2.24) is 10.1 Å². The Morgan fingerprint density at radius 2 is 2.05 bits per heavy atom. The highest BCUT2D eigenvalue weighted by molar-refractivity contribution is 5.92. The van der Waals surface area contributed by atoms with Gasteiger partial charge in [0.1, 0.15) is 23.4 Å². The highest BCUT2D eigenvalue weighted by Gasteiger charge is 2.34. The number of hydrogen-bond donors (Lipinski definition) is 0. The topological polar surface area (TPSA) is 85.8 Å². The summed E-state index contributed by atoms with van der Waals surface area (Å²) in [5.74, 6) is 1.36. The van der Waals surface area contributed by atoms with Gasteiger partial charge in [-0.05, 0) is 13.8 Å². The first-order chi connectivity index (χ1) is 10.0. The molecule has 1 aliphatic rings. The third-order valence-electron chi connectivity index (χ3n) is 3.15. The molecular weight excluding hydrogens is 276 g/mol. The Hall–Kier alpha value is -2.57. The number of ether oxygens (including phenoxy) is 1. The van der Waals surface area contributed by atoms with E-state index in [2.05, 4.69) is 5.16 Å². The number of nitrogens with zero attached hydrogens (tertiary/aromatic N) is 2. The molecule has 0 aliphatic carbocycles. The van der Waals surface area contributed by atoms with Crippen LogP contribution in [0.3, 0.4) is 0 Å². The molecule has 2 aromatic rings. The fourth-order valence-electron chi connectivity index (χ4n) is 2.14. The number of carbonyl (C=O) groups excluding carboxylic acids is 1. The van der Waals surface area contributed by atoms with Crippen molar-refractivity contribution in [1.29, 1.82) is 0 Å². The summed E-state index contributed by atoms with van der Waals surface area (Å²) >= 11 is 0. The zero-order valence-corrected chi connectivity index (χ0v) is 11.7. The first-order valence-corrected chi connectivity index (χ1v) is 6.52. The Kier molecular flexibility index (Phi) is 3.25. The predicted octanol–water partition coefficient (Wildman–Crippen LogP) is 1.15. The van der Waals surface area contributed by atoms with Gasteiger partial charge in [-0.2, -0.15) is 0 Å². The van der Waals surface area contributed by atoms with Crippen LogP contribution in [0.1, 0.15) is 22.0 Å². The van der Waals surface area contributed by atoms with E-state index in [1.54, 1.807) is 30.9 Å². The van der Waals surface area contributed by atoms with Crippen LogP contribution >= 0.6 is 0 Å². The summed E-state index contributed by atoms with van der Waals surface area (Å²) in [6, 6.07) is 4.54. The molecule has 0 atom stereocenters. The molecular formula is C14H14N2O5. The molecule has 7 heteroatoms. The molecule has 3 heterocycles. The van der Waals surface area contributed by atoms with Crippen molar-refractivity contribution in [3.05, 3.63) is 45.8 Å². The minimum Gasteiger partial charge on any atom is -0.486 e. The molecule has 1 fully saturated rings. The number of amides is 1. The smallest absolute Gasteiger partial charge is 0.339 e. The fraction of sp³-hybridized carbons (Fsp3) is 0.357. The molecule has 1 aliphatic heterocycles. The van der Waals surface area contributed by atoms with Crippen LogP contribution in [0.2, 0.25) is 0 Å². The van der Waals surface area contributed by atoms with E-state index < -0.39 is 5.63 Å². The Labute approximate surface area is 120 Å². The van der Waals surface area contributed by atoms with Gasteiger partial charge < -0.3 is 18.6 Å². The number of carbonyl (C=O) groups is 1. The largest absolute Gasteiger partial charge is 0.486 e. The molecule has 0 spiro atoms. The molecule has 0 bridgehead atoms. The molecule has 0 N–H and O–H groups in total. The molecule has 2 aromatic heterocycles. The Morgan fingerprint density at radius 3 is 2.67 bits per heavy atom. The molecule has 1 amide bonds. The first-order valence-electron chi connectivity index (χ1n) is 6.52. The average molecular weight is 290 g/mol. The van der Waals surface area contributed by atoms with E-state index >= 15 is 0 Å². The summed E-state index contributed by atoms with van der Waals surface area (Å²) in [5, 5.41) is 3.69.